The molecular weight excluding hydrogens is 282 g/mol. The van der Waals surface area contributed by atoms with Crippen LogP contribution in [0.5, 0.6) is 0 Å². The van der Waals surface area contributed by atoms with Gasteiger partial charge in [-0.25, -0.2) is 0 Å². The molecule has 2 aromatic rings. The zero-order valence-electron chi connectivity index (χ0n) is 11.9. The van der Waals surface area contributed by atoms with Crippen molar-refractivity contribution in [1.29, 1.82) is 10.5 Å². The van der Waals surface area contributed by atoms with Crippen molar-refractivity contribution in [3.8, 4) is 23.3 Å². The molecule has 0 aromatic heterocycles. The Kier molecular flexibility index (Phi) is 4.17. The Balaban J connectivity index is 2.98. The van der Waals surface area contributed by atoms with Gasteiger partial charge in [0.2, 0.25) is 0 Å². The first kappa shape index (κ1) is 14.9. The third-order valence-corrected chi connectivity index (χ3v) is 3.97. The van der Waals surface area contributed by atoms with Gasteiger partial charge in [0.25, 0.3) is 0 Å². The first-order valence-electron chi connectivity index (χ1n) is 6.56. The zero-order chi connectivity index (χ0) is 15.6. The molecule has 0 amide bonds. The molecule has 0 atom stereocenters. The lowest BCUT2D eigenvalue weighted by Gasteiger charge is -2.17. The maximum absolute atomic E-state index is 9.48. The smallest absolute Gasteiger partial charge is 0.102 e. The number of halogens is 1. The van der Waals surface area contributed by atoms with E-state index in [1.54, 1.807) is 6.07 Å². The fourth-order valence-corrected chi connectivity index (χ4v) is 2.86. The summed E-state index contributed by atoms with van der Waals surface area (Å²) in [7, 11) is 0. The maximum Gasteiger partial charge on any atom is 0.102 e. The van der Waals surface area contributed by atoms with Gasteiger partial charge in [-0.2, -0.15) is 10.5 Å². The highest BCUT2D eigenvalue weighted by molar-refractivity contribution is 6.33. The number of anilines is 1. The van der Waals surface area contributed by atoms with Gasteiger partial charge in [0.1, 0.15) is 12.1 Å². The number of rotatable bonds is 2. The summed E-state index contributed by atoms with van der Waals surface area (Å²) >= 11 is 6.27. The Morgan fingerprint density at radius 2 is 1.76 bits per heavy atom. The average molecular weight is 296 g/mol. The Morgan fingerprint density at radius 3 is 2.29 bits per heavy atom. The molecule has 104 valence electrons. The Morgan fingerprint density at radius 1 is 1.14 bits per heavy atom. The van der Waals surface area contributed by atoms with E-state index >= 15 is 0 Å². The summed E-state index contributed by atoms with van der Waals surface area (Å²) in [6.07, 6.45) is 0.669. The highest BCUT2D eigenvalue weighted by Gasteiger charge is 2.21. The molecule has 3 nitrogen and oxygen atoms in total. The van der Waals surface area contributed by atoms with E-state index in [0.29, 0.717) is 22.6 Å². The van der Waals surface area contributed by atoms with E-state index in [-0.39, 0.29) is 5.69 Å². The molecule has 0 aliphatic rings. The molecule has 0 unspecified atom stereocenters. The van der Waals surface area contributed by atoms with Crippen LogP contribution in [-0.2, 0) is 6.42 Å². The van der Waals surface area contributed by atoms with Crippen LogP contribution in [0.1, 0.15) is 29.2 Å². The summed E-state index contributed by atoms with van der Waals surface area (Å²) < 4.78 is 0. The number of hydrogen-bond acceptors (Lipinski definition) is 3. The van der Waals surface area contributed by atoms with E-state index in [1.807, 2.05) is 32.0 Å². The second kappa shape index (κ2) is 5.87. The lowest BCUT2D eigenvalue weighted by Crippen LogP contribution is -2.05. The summed E-state index contributed by atoms with van der Waals surface area (Å²) in [6, 6.07) is 11.6. The fourth-order valence-electron chi connectivity index (χ4n) is 2.63. The van der Waals surface area contributed by atoms with Crippen molar-refractivity contribution in [2.24, 2.45) is 0 Å². The number of nitrogens with two attached hydrogens (primary N) is 1. The molecule has 0 bridgehead atoms. The molecule has 2 rings (SSSR count). The van der Waals surface area contributed by atoms with Crippen LogP contribution in [0.4, 0.5) is 5.69 Å². The van der Waals surface area contributed by atoms with Crippen LogP contribution in [0.15, 0.2) is 24.3 Å². The number of benzene rings is 2. The highest BCUT2D eigenvalue weighted by atomic mass is 35.5. The van der Waals surface area contributed by atoms with E-state index in [4.69, 9.17) is 17.3 Å². The van der Waals surface area contributed by atoms with Crippen LogP contribution in [0, 0.1) is 29.6 Å². The molecular formula is C17H14ClN3. The molecule has 0 aliphatic carbocycles. The van der Waals surface area contributed by atoms with Gasteiger partial charge in [-0.1, -0.05) is 36.7 Å². The largest absolute Gasteiger partial charge is 0.397 e. The molecule has 0 heterocycles. The van der Waals surface area contributed by atoms with Crippen molar-refractivity contribution >= 4 is 17.3 Å². The minimum absolute atomic E-state index is 0.234. The molecule has 4 heteroatoms. The van der Waals surface area contributed by atoms with Crippen LogP contribution in [-0.4, -0.2) is 0 Å². The van der Waals surface area contributed by atoms with Crippen LogP contribution in [0.2, 0.25) is 5.02 Å². The molecule has 0 fully saturated rings. The number of nitrogen functional groups attached to an aromatic ring is 1. The van der Waals surface area contributed by atoms with Crippen LogP contribution >= 0.6 is 11.6 Å². The van der Waals surface area contributed by atoms with Crippen molar-refractivity contribution in [3.63, 3.8) is 0 Å². The summed E-state index contributed by atoms with van der Waals surface area (Å²) in [5.74, 6) is 0. The first-order chi connectivity index (χ1) is 10.1. The standard InChI is InChI=1S/C17H14ClN3/c1-3-11-10(2)16(12-6-4-5-7-15(12)18)14(9-20)17(21)13(11)8-19/h4-7H,3,21H2,1-2H3. The summed E-state index contributed by atoms with van der Waals surface area (Å²) in [5.41, 5.74) is 10.2. The summed E-state index contributed by atoms with van der Waals surface area (Å²) in [4.78, 5) is 0. The predicted octanol–water partition coefficient (Wildman–Crippen LogP) is 4.20. The second-order valence-electron chi connectivity index (χ2n) is 4.70. The van der Waals surface area contributed by atoms with Crippen LogP contribution in [0.25, 0.3) is 11.1 Å². The van der Waals surface area contributed by atoms with Gasteiger partial charge in [-0.3, -0.25) is 0 Å². The molecule has 21 heavy (non-hydrogen) atoms. The lowest BCUT2D eigenvalue weighted by molar-refractivity contribution is 1.10. The van der Waals surface area contributed by atoms with Gasteiger partial charge in [-0.15, -0.1) is 0 Å². The van der Waals surface area contributed by atoms with Crippen molar-refractivity contribution in [2.75, 3.05) is 5.73 Å². The van der Waals surface area contributed by atoms with Gasteiger partial charge >= 0.3 is 0 Å². The number of hydrogen-bond donors (Lipinski definition) is 1. The Hall–Kier alpha value is -2.49. The van der Waals surface area contributed by atoms with Gasteiger partial charge in [0, 0.05) is 16.1 Å². The Bertz CT molecular complexity index is 791. The molecule has 2 N–H and O–H groups in total. The summed E-state index contributed by atoms with van der Waals surface area (Å²) in [6.45, 7) is 3.86. The highest BCUT2D eigenvalue weighted by Crippen LogP contribution is 2.39. The van der Waals surface area contributed by atoms with Crippen molar-refractivity contribution in [3.05, 3.63) is 51.5 Å². The number of nitriles is 2. The minimum atomic E-state index is 0.234. The van der Waals surface area contributed by atoms with Crippen molar-refractivity contribution in [1.82, 2.24) is 0 Å². The molecule has 0 spiro atoms. The molecule has 0 aliphatic heterocycles. The van der Waals surface area contributed by atoms with Crippen LogP contribution < -0.4 is 5.73 Å². The quantitative estimate of drug-likeness (QED) is 0.844. The molecule has 0 saturated heterocycles. The molecule has 0 saturated carbocycles. The maximum atomic E-state index is 9.48. The molecule has 0 radical (unpaired) electrons. The van der Waals surface area contributed by atoms with Gasteiger partial charge < -0.3 is 5.73 Å². The minimum Gasteiger partial charge on any atom is -0.397 e. The second-order valence-corrected chi connectivity index (χ2v) is 5.11. The SMILES string of the molecule is CCc1c(C)c(-c2ccccc2Cl)c(C#N)c(N)c1C#N. The van der Waals surface area contributed by atoms with Crippen molar-refractivity contribution < 1.29 is 0 Å². The zero-order valence-corrected chi connectivity index (χ0v) is 12.6. The fraction of sp³-hybridized carbons (Fsp3) is 0.176. The average Bonchev–Trinajstić information content (AvgIpc) is 2.49. The normalized spacial score (nSPS) is 9.95. The third-order valence-electron chi connectivity index (χ3n) is 3.64. The topological polar surface area (TPSA) is 73.6 Å². The van der Waals surface area contributed by atoms with Gasteiger partial charge in [-0.05, 0) is 30.5 Å². The van der Waals surface area contributed by atoms with Crippen molar-refractivity contribution in [2.45, 2.75) is 20.3 Å². The van der Waals surface area contributed by atoms with Crippen LogP contribution in [0.3, 0.4) is 0 Å². The van der Waals surface area contributed by atoms with Gasteiger partial charge in [0.15, 0.2) is 0 Å². The monoisotopic (exact) mass is 295 g/mol. The first-order valence-corrected chi connectivity index (χ1v) is 6.94. The van der Waals surface area contributed by atoms with E-state index in [0.717, 1.165) is 22.3 Å². The summed E-state index contributed by atoms with van der Waals surface area (Å²) in [5, 5.41) is 19.4. The predicted molar refractivity (Wildman–Crippen MR) is 84.8 cm³/mol. The van der Waals surface area contributed by atoms with E-state index in [1.165, 1.54) is 0 Å². The number of nitrogens with zero attached hydrogens (tertiary/aromatic N) is 2. The lowest BCUT2D eigenvalue weighted by atomic mass is 9.86. The molecule has 2 aromatic carbocycles. The van der Waals surface area contributed by atoms with E-state index in [9.17, 15) is 10.5 Å². The van der Waals surface area contributed by atoms with E-state index < -0.39 is 0 Å². The van der Waals surface area contributed by atoms with E-state index in [2.05, 4.69) is 12.1 Å². The third kappa shape index (κ3) is 2.33. The van der Waals surface area contributed by atoms with Gasteiger partial charge in [0.05, 0.1) is 16.8 Å². The Labute approximate surface area is 129 Å².